The third-order valence-electron chi connectivity index (χ3n) is 6.62. The number of primary amides is 1. The summed E-state index contributed by atoms with van der Waals surface area (Å²) in [6.45, 7) is 2.81. The first-order chi connectivity index (χ1) is 15.5. The van der Waals surface area contributed by atoms with Crippen LogP contribution in [0.25, 0.3) is 0 Å². The third kappa shape index (κ3) is 6.13. The number of anilines is 1. The van der Waals surface area contributed by atoms with Crippen LogP contribution in [0.4, 0.5) is 10.2 Å². The molecule has 1 aliphatic heterocycles. The van der Waals surface area contributed by atoms with E-state index in [1.54, 1.807) is 25.4 Å². The predicted octanol–water partition coefficient (Wildman–Crippen LogP) is 2.94. The molecule has 0 atom stereocenters. The number of nitrogens with one attached hydrogen (secondary N) is 2. The maximum absolute atomic E-state index is 13.7. The second-order valence-corrected chi connectivity index (χ2v) is 8.72. The molecule has 7 nitrogen and oxygen atoms in total. The number of aromatic nitrogens is 1. The van der Waals surface area contributed by atoms with Crippen LogP contribution >= 0.6 is 24.0 Å². The van der Waals surface area contributed by atoms with Gasteiger partial charge in [0.25, 0.3) is 0 Å². The molecule has 2 heterocycles. The lowest BCUT2D eigenvalue weighted by atomic mass is 9.96. The van der Waals surface area contributed by atoms with Gasteiger partial charge in [0.05, 0.1) is 0 Å². The number of hydrogen-bond donors (Lipinski definition) is 3. The molecule has 4 N–H and O–H groups in total. The van der Waals surface area contributed by atoms with Crippen molar-refractivity contribution in [1.29, 1.82) is 0 Å². The van der Waals surface area contributed by atoms with Crippen LogP contribution in [0.5, 0.6) is 0 Å². The Kier molecular flexibility index (Phi) is 8.50. The standard InChI is InChI=1S/C24H31FN6O.HI/c1-27-23(30-16-24(9-10-24)19-5-2-6-20(25)14-19)29-15-18-4-3-11-28-22(18)31-12-7-17(8-13-31)21(26)32;/h2-6,11,14,17H,7-10,12-13,15-16H2,1H3,(H2,26,32)(H2,27,29,30);1H. The Labute approximate surface area is 211 Å². The van der Waals surface area contributed by atoms with Crippen LogP contribution in [0.1, 0.15) is 36.8 Å². The summed E-state index contributed by atoms with van der Waals surface area (Å²) in [5.74, 6) is 1.17. The number of halogens is 2. The molecule has 1 amide bonds. The quantitative estimate of drug-likeness (QED) is 0.272. The maximum Gasteiger partial charge on any atom is 0.220 e. The van der Waals surface area contributed by atoms with E-state index in [-0.39, 0.29) is 47.0 Å². The molecule has 1 aliphatic carbocycles. The van der Waals surface area contributed by atoms with Gasteiger partial charge in [0.1, 0.15) is 11.6 Å². The molecule has 1 saturated carbocycles. The fraction of sp³-hybridized carbons (Fsp3) is 0.458. The molecule has 0 spiro atoms. The summed E-state index contributed by atoms with van der Waals surface area (Å²) in [4.78, 5) is 22.6. The molecular formula is C24H32FIN6O. The van der Waals surface area contributed by atoms with Gasteiger partial charge in [-0.2, -0.15) is 0 Å². The van der Waals surface area contributed by atoms with Crippen molar-refractivity contribution in [3.05, 3.63) is 59.5 Å². The minimum atomic E-state index is -0.214. The Morgan fingerprint density at radius 2 is 2.00 bits per heavy atom. The SMILES string of the molecule is CN=C(NCc1cccnc1N1CCC(C(N)=O)CC1)NCC1(c2cccc(F)c2)CC1.I. The maximum atomic E-state index is 13.7. The first kappa shape index (κ1) is 25.2. The van der Waals surface area contributed by atoms with Crippen LogP contribution in [0, 0.1) is 11.7 Å². The number of carbonyl (C=O) groups excluding carboxylic acids is 1. The minimum absolute atomic E-state index is 0. The van der Waals surface area contributed by atoms with Gasteiger partial charge in [0, 0.05) is 56.3 Å². The number of pyridine rings is 1. The van der Waals surface area contributed by atoms with Gasteiger partial charge < -0.3 is 21.3 Å². The summed E-state index contributed by atoms with van der Waals surface area (Å²) >= 11 is 0. The average Bonchev–Trinajstić information content (AvgIpc) is 3.61. The topological polar surface area (TPSA) is 95.6 Å². The van der Waals surface area contributed by atoms with Crippen LogP contribution in [-0.2, 0) is 16.8 Å². The van der Waals surface area contributed by atoms with Gasteiger partial charge >= 0.3 is 0 Å². The summed E-state index contributed by atoms with van der Waals surface area (Å²) in [5.41, 5.74) is 7.54. The number of carbonyl (C=O) groups is 1. The van der Waals surface area contributed by atoms with Gasteiger partial charge in [0.15, 0.2) is 5.96 Å². The molecule has 9 heteroatoms. The van der Waals surface area contributed by atoms with Crippen molar-refractivity contribution in [3.63, 3.8) is 0 Å². The Morgan fingerprint density at radius 1 is 1.24 bits per heavy atom. The molecule has 178 valence electrons. The summed E-state index contributed by atoms with van der Waals surface area (Å²) in [5, 5.41) is 6.79. The van der Waals surface area contributed by atoms with Gasteiger partial charge in [-0.05, 0) is 49.4 Å². The molecule has 2 aliphatic rings. The van der Waals surface area contributed by atoms with E-state index in [2.05, 4.69) is 31.6 Å². The zero-order chi connectivity index (χ0) is 22.6. The van der Waals surface area contributed by atoms with Gasteiger partial charge in [0.2, 0.25) is 5.91 Å². The number of hydrogen-bond acceptors (Lipinski definition) is 4. The van der Waals surface area contributed by atoms with E-state index in [1.165, 1.54) is 6.07 Å². The highest BCUT2D eigenvalue weighted by molar-refractivity contribution is 14.0. The highest BCUT2D eigenvalue weighted by atomic mass is 127. The number of piperidine rings is 1. The second-order valence-electron chi connectivity index (χ2n) is 8.72. The van der Waals surface area contributed by atoms with Crippen LogP contribution in [0.15, 0.2) is 47.6 Å². The van der Waals surface area contributed by atoms with Gasteiger partial charge in [-0.15, -0.1) is 24.0 Å². The smallest absolute Gasteiger partial charge is 0.220 e. The van der Waals surface area contributed by atoms with Crippen molar-refractivity contribution < 1.29 is 9.18 Å². The van der Waals surface area contributed by atoms with Crippen LogP contribution < -0.4 is 21.3 Å². The second kappa shape index (κ2) is 11.1. The van der Waals surface area contributed by atoms with Crippen molar-refractivity contribution in [2.75, 3.05) is 31.6 Å². The van der Waals surface area contributed by atoms with Crippen LogP contribution in [-0.4, -0.2) is 43.5 Å². The van der Waals surface area contributed by atoms with Crippen molar-refractivity contribution in [1.82, 2.24) is 15.6 Å². The minimum Gasteiger partial charge on any atom is -0.369 e. The zero-order valence-electron chi connectivity index (χ0n) is 18.9. The van der Waals surface area contributed by atoms with E-state index in [0.717, 1.165) is 55.7 Å². The summed E-state index contributed by atoms with van der Waals surface area (Å²) < 4.78 is 13.7. The number of amides is 1. The molecule has 0 radical (unpaired) electrons. The summed E-state index contributed by atoms with van der Waals surface area (Å²) in [7, 11) is 1.75. The predicted molar refractivity (Wildman–Crippen MR) is 139 cm³/mol. The number of nitrogens with zero attached hydrogens (tertiary/aromatic N) is 3. The van der Waals surface area contributed by atoms with Crippen molar-refractivity contribution in [2.24, 2.45) is 16.6 Å². The lowest BCUT2D eigenvalue weighted by molar-refractivity contribution is -0.122. The van der Waals surface area contributed by atoms with Crippen molar-refractivity contribution >= 4 is 41.7 Å². The Balaban J connectivity index is 0.00000306. The Bertz CT molecular complexity index is 988. The van der Waals surface area contributed by atoms with E-state index < -0.39 is 0 Å². The molecule has 4 rings (SSSR count). The number of guanidine groups is 1. The Hall–Kier alpha value is -2.43. The molecule has 33 heavy (non-hydrogen) atoms. The molecule has 1 aromatic heterocycles. The van der Waals surface area contributed by atoms with E-state index in [4.69, 9.17) is 5.73 Å². The summed E-state index contributed by atoms with van der Waals surface area (Å²) in [6, 6.07) is 10.9. The molecule has 0 bridgehead atoms. The lowest BCUT2D eigenvalue weighted by Gasteiger charge is -2.32. The number of benzene rings is 1. The highest BCUT2D eigenvalue weighted by Crippen LogP contribution is 2.47. The van der Waals surface area contributed by atoms with Gasteiger partial charge in [-0.25, -0.2) is 9.37 Å². The van der Waals surface area contributed by atoms with Gasteiger partial charge in [-0.3, -0.25) is 9.79 Å². The third-order valence-corrected chi connectivity index (χ3v) is 6.62. The zero-order valence-corrected chi connectivity index (χ0v) is 21.2. The van der Waals surface area contributed by atoms with Crippen LogP contribution in [0.2, 0.25) is 0 Å². The molecule has 2 fully saturated rings. The lowest BCUT2D eigenvalue weighted by Crippen LogP contribution is -2.42. The highest BCUT2D eigenvalue weighted by Gasteiger charge is 2.44. The monoisotopic (exact) mass is 566 g/mol. The molecule has 2 aromatic rings. The van der Waals surface area contributed by atoms with Crippen molar-refractivity contribution in [2.45, 2.75) is 37.6 Å². The van der Waals surface area contributed by atoms with Gasteiger partial charge in [-0.1, -0.05) is 18.2 Å². The largest absolute Gasteiger partial charge is 0.369 e. The fourth-order valence-electron chi connectivity index (χ4n) is 4.42. The molecule has 1 aromatic carbocycles. The van der Waals surface area contributed by atoms with E-state index in [1.807, 2.05) is 12.1 Å². The van der Waals surface area contributed by atoms with Crippen LogP contribution in [0.3, 0.4) is 0 Å². The normalized spacial score (nSPS) is 17.8. The summed E-state index contributed by atoms with van der Waals surface area (Å²) in [6.07, 6.45) is 5.37. The Morgan fingerprint density at radius 3 is 2.64 bits per heavy atom. The average molecular weight is 566 g/mol. The van der Waals surface area contributed by atoms with E-state index >= 15 is 0 Å². The molecular weight excluding hydrogens is 534 g/mol. The number of rotatable bonds is 7. The first-order valence-corrected chi connectivity index (χ1v) is 11.2. The molecule has 1 saturated heterocycles. The van der Waals surface area contributed by atoms with E-state index in [0.29, 0.717) is 19.0 Å². The molecule has 0 unspecified atom stereocenters. The number of nitrogens with two attached hydrogens (primary N) is 1. The fourth-order valence-corrected chi connectivity index (χ4v) is 4.42. The van der Waals surface area contributed by atoms with Crippen molar-refractivity contribution in [3.8, 4) is 0 Å². The number of aliphatic imine (C=N–C) groups is 1. The first-order valence-electron chi connectivity index (χ1n) is 11.2. The van der Waals surface area contributed by atoms with E-state index in [9.17, 15) is 9.18 Å².